The molecule has 1 unspecified atom stereocenters. The maximum absolute atomic E-state index is 12.0. The maximum Gasteiger partial charge on any atom is 0.325 e. The molecule has 4 amide bonds. The molecule has 0 radical (unpaired) electrons. The predicted octanol–water partition coefficient (Wildman–Crippen LogP) is 0.218. The van der Waals surface area contributed by atoms with Gasteiger partial charge in [-0.05, 0) is 25.7 Å². The van der Waals surface area contributed by atoms with Gasteiger partial charge in [-0.25, -0.2) is 4.79 Å². The Hall–Kier alpha value is -1.59. The van der Waals surface area contributed by atoms with Gasteiger partial charge >= 0.3 is 6.03 Å². The van der Waals surface area contributed by atoms with Crippen LogP contribution in [0.25, 0.3) is 0 Å². The number of carbonyl (C=O) groups is 3. The van der Waals surface area contributed by atoms with Crippen molar-refractivity contribution < 1.29 is 14.4 Å². The van der Waals surface area contributed by atoms with Gasteiger partial charge in [0, 0.05) is 0 Å². The highest BCUT2D eigenvalue weighted by atomic mass is 16.2. The highest BCUT2D eigenvalue weighted by Gasteiger charge is 2.47. The van der Waals surface area contributed by atoms with E-state index >= 15 is 0 Å². The quantitative estimate of drug-likeness (QED) is 0.674. The van der Waals surface area contributed by atoms with Crippen LogP contribution >= 0.6 is 0 Å². The van der Waals surface area contributed by atoms with Crippen molar-refractivity contribution in [1.29, 1.82) is 0 Å². The number of primary amides is 1. The summed E-state index contributed by atoms with van der Waals surface area (Å²) in [6.07, 6.45) is 1.39. The minimum Gasteiger partial charge on any atom is -0.368 e. The number of rotatable bonds is 5. The summed E-state index contributed by atoms with van der Waals surface area (Å²) >= 11 is 0. The molecule has 0 aromatic carbocycles. The number of nitrogens with zero attached hydrogens (tertiary/aromatic N) is 1. The molecule has 1 atom stereocenters. The third-order valence-corrected chi connectivity index (χ3v) is 2.88. The van der Waals surface area contributed by atoms with Crippen LogP contribution in [-0.4, -0.2) is 34.8 Å². The first-order valence-corrected chi connectivity index (χ1v) is 5.68. The highest BCUT2D eigenvalue weighted by molar-refractivity contribution is 6.08. The zero-order chi connectivity index (χ0) is 13.2. The molecule has 3 N–H and O–H groups in total. The van der Waals surface area contributed by atoms with E-state index in [1.165, 1.54) is 0 Å². The molecule has 0 aliphatic carbocycles. The third kappa shape index (κ3) is 2.95. The van der Waals surface area contributed by atoms with Crippen LogP contribution in [0.15, 0.2) is 0 Å². The number of nitrogens with two attached hydrogens (primary N) is 1. The van der Waals surface area contributed by atoms with Crippen LogP contribution in [0, 0.1) is 5.92 Å². The van der Waals surface area contributed by atoms with Crippen molar-refractivity contribution in [3.05, 3.63) is 0 Å². The lowest BCUT2D eigenvalue weighted by Crippen LogP contribution is -2.44. The van der Waals surface area contributed by atoms with E-state index in [0.717, 1.165) is 11.3 Å². The van der Waals surface area contributed by atoms with Crippen molar-refractivity contribution in [2.75, 3.05) is 6.54 Å². The molecule has 1 saturated heterocycles. The first-order chi connectivity index (χ1) is 7.76. The molecule has 0 bridgehead atoms. The van der Waals surface area contributed by atoms with E-state index in [9.17, 15) is 14.4 Å². The van der Waals surface area contributed by atoms with Gasteiger partial charge in [-0.3, -0.25) is 14.5 Å². The Kier molecular flexibility index (Phi) is 3.75. The Bertz CT molecular complexity index is 354. The average molecular weight is 241 g/mol. The second-order valence-corrected chi connectivity index (χ2v) is 5.05. The van der Waals surface area contributed by atoms with Crippen LogP contribution in [0.1, 0.15) is 33.6 Å². The lowest BCUT2D eigenvalue weighted by Gasteiger charge is -2.22. The smallest absolute Gasteiger partial charge is 0.325 e. The minimum atomic E-state index is -0.906. The fourth-order valence-electron chi connectivity index (χ4n) is 1.79. The van der Waals surface area contributed by atoms with Gasteiger partial charge in [-0.1, -0.05) is 13.8 Å². The molecular weight excluding hydrogens is 222 g/mol. The van der Waals surface area contributed by atoms with E-state index in [1.807, 2.05) is 13.8 Å². The van der Waals surface area contributed by atoms with Gasteiger partial charge in [0.1, 0.15) is 12.1 Å². The van der Waals surface area contributed by atoms with Gasteiger partial charge in [-0.15, -0.1) is 0 Å². The summed E-state index contributed by atoms with van der Waals surface area (Å²) < 4.78 is 0. The molecule has 96 valence electrons. The second-order valence-electron chi connectivity index (χ2n) is 5.05. The molecule has 1 aliphatic heterocycles. The monoisotopic (exact) mass is 241 g/mol. The van der Waals surface area contributed by atoms with E-state index in [-0.39, 0.29) is 12.5 Å². The fourth-order valence-corrected chi connectivity index (χ4v) is 1.79. The topological polar surface area (TPSA) is 92.5 Å². The number of nitrogens with one attached hydrogen (secondary N) is 1. The van der Waals surface area contributed by atoms with Gasteiger partial charge in [0.05, 0.1) is 0 Å². The SMILES string of the molecule is CC(C)CCC1(C)NC(=O)N(CC(N)=O)C1=O. The number of urea groups is 1. The van der Waals surface area contributed by atoms with E-state index < -0.39 is 17.5 Å². The summed E-state index contributed by atoms with van der Waals surface area (Å²) in [5, 5.41) is 2.62. The number of imide groups is 1. The molecule has 1 aliphatic rings. The Morgan fingerprint density at radius 3 is 2.53 bits per heavy atom. The number of hydrogen-bond acceptors (Lipinski definition) is 3. The summed E-state index contributed by atoms with van der Waals surface area (Å²) in [6, 6.07) is -0.542. The van der Waals surface area contributed by atoms with Crippen LogP contribution in [0.5, 0.6) is 0 Å². The summed E-state index contributed by atoms with van der Waals surface area (Å²) in [5.41, 5.74) is 4.09. The molecule has 1 heterocycles. The fraction of sp³-hybridized carbons (Fsp3) is 0.727. The van der Waals surface area contributed by atoms with E-state index in [2.05, 4.69) is 5.32 Å². The van der Waals surface area contributed by atoms with Crippen molar-refractivity contribution in [3.63, 3.8) is 0 Å². The molecule has 0 saturated carbocycles. The first-order valence-electron chi connectivity index (χ1n) is 5.68. The largest absolute Gasteiger partial charge is 0.368 e. The highest BCUT2D eigenvalue weighted by Crippen LogP contribution is 2.24. The van der Waals surface area contributed by atoms with Gasteiger partial charge in [0.2, 0.25) is 5.91 Å². The van der Waals surface area contributed by atoms with E-state index in [0.29, 0.717) is 12.3 Å². The predicted molar refractivity (Wildman–Crippen MR) is 61.9 cm³/mol. The van der Waals surface area contributed by atoms with Gasteiger partial charge in [0.15, 0.2) is 0 Å². The summed E-state index contributed by atoms with van der Waals surface area (Å²) in [7, 11) is 0. The van der Waals surface area contributed by atoms with Crippen molar-refractivity contribution in [1.82, 2.24) is 10.2 Å². The minimum absolute atomic E-state index is 0.359. The lowest BCUT2D eigenvalue weighted by atomic mass is 9.92. The summed E-state index contributed by atoms with van der Waals surface area (Å²) in [5.74, 6) is -0.620. The van der Waals surface area contributed by atoms with Crippen molar-refractivity contribution in [2.45, 2.75) is 39.2 Å². The second kappa shape index (κ2) is 4.73. The van der Waals surface area contributed by atoms with Crippen LogP contribution in [0.2, 0.25) is 0 Å². The zero-order valence-electron chi connectivity index (χ0n) is 10.4. The molecule has 0 aromatic rings. The molecule has 6 nitrogen and oxygen atoms in total. The molecule has 0 aromatic heterocycles. The van der Waals surface area contributed by atoms with Crippen molar-refractivity contribution in [3.8, 4) is 0 Å². The summed E-state index contributed by atoms with van der Waals surface area (Å²) in [6.45, 7) is 5.41. The lowest BCUT2D eigenvalue weighted by molar-refractivity contribution is -0.134. The Balaban J connectivity index is 2.75. The maximum atomic E-state index is 12.0. The van der Waals surface area contributed by atoms with Crippen LogP contribution in [-0.2, 0) is 9.59 Å². The third-order valence-electron chi connectivity index (χ3n) is 2.88. The van der Waals surface area contributed by atoms with Crippen LogP contribution in [0.3, 0.4) is 0 Å². The van der Waals surface area contributed by atoms with Gasteiger partial charge in [0.25, 0.3) is 5.91 Å². The van der Waals surface area contributed by atoms with Crippen LogP contribution in [0.4, 0.5) is 4.79 Å². The van der Waals surface area contributed by atoms with Gasteiger partial charge < -0.3 is 11.1 Å². The van der Waals surface area contributed by atoms with Crippen LogP contribution < -0.4 is 11.1 Å². The average Bonchev–Trinajstić information content (AvgIpc) is 2.40. The van der Waals surface area contributed by atoms with E-state index in [1.54, 1.807) is 6.92 Å². The Morgan fingerprint density at radius 1 is 1.47 bits per heavy atom. The van der Waals surface area contributed by atoms with Gasteiger partial charge in [-0.2, -0.15) is 0 Å². The molecule has 17 heavy (non-hydrogen) atoms. The number of carbonyl (C=O) groups excluding carboxylic acids is 3. The first kappa shape index (κ1) is 13.5. The Morgan fingerprint density at radius 2 is 2.06 bits per heavy atom. The summed E-state index contributed by atoms with van der Waals surface area (Å²) in [4.78, 5) is 35.2. The van der Waals surface area contributed by atoms with Crippen molar-refractivity contribution >= 4 is 17.8 Å². The molecule has 0 spiro atoms. The molecular formula is C11H19N3O3. The molecule has 1 rings (SSSR count). The van der Waals surface area contributed by atoms with Crippen molar-refractivity contribution in [2.24, 2.45) is 11.7 Å². The normalized spacial score (nSPS) is 24.4. The number of hydrogen-bond donors (Lipinski definition) is 2. The molecule has 1 fully saturated rings. The van der Waals surface area contributed by atoms with E-state index in [4.69, 9.17) is 5.73 Å². The standard InChI is InChI=1S/C11H19N3O3/c1-7(2)4-5-11(3)9(16)14(6-8(12)15)10(17)13-11/h7H,4-6H2,1-3H3,(H2,12,15)(H,13,17). The Labute approximate surface area is 101 Å². The molecule has 6 heteroatoms. The number of amides is 4. The zero-order valence-corrected chi connectivity index (χ0v) is 10.4.